The SMILES string of the molecule is CC(C(=O)O)N1CCN(c2ccc(I)cc2[N+](=O)[O-])CC1. The molecule has 1 aromatic carbocycles. The van der Waals surface area contributed by atoms with E-state index in [4.69, 9.17) is 5.11 Å². The van der Waals surface area contributed by atoms with Crippen molar-refractivity contribution in [3.63, 3.8) is 0 Å². The summed E-state index contributed by atoms with van der Waals surface area (Å²) in [7, 11) is 0. The average Bonchev–Trinajstić information content (AvgIpc) is 2.46. The summed E-state index contributed by atoms with van der Waals surface area (Å²) in [6, 6.07) is 4.63. The number of aliphatic carboxylic acids is 1. The molecular formula is C13H16IN3O4. The summed E-state index contributed by atoms with van der Waals surface area (Å²) in [5.74, 6) is -0.844. The fraction of sp³-hybridized carbons (Fsp3) is 0.462. The number of piperazine rings is 1. The monoisotopic (exact) mass is 405 g/mol. The van der Waals surface area contributed by atoms with E-state index in [0.29, 0.717) is 31.9 Å². The smallest absolute Gasteiger partial charge is 0.320 e. The molecule has 2 rings (SSSR count). The minimum Gasteiger partial charge on any atom is -0.480 e. The zero-order valence-corrected chi connectivity index (χ0v) is 13.7. The molecule has 8 heteroatoms. The lowest BCUT2D eigenvalue weighted by Gasteiger charge is -2.37. The molecule has 1 aliphatic rings. The van der Waals surface area contributed by atoms with Crippen LogP contribution in [0.3, 0.4) is 0 Å². The Labute approximate surface area is 135 Å². The van der Waals surface area contributed by atoms with Crippen molar-refractivity contribution in [3.05, 3.63) is 31.9 Å². The van der Waals surface area contributed by atoms with Crippen molar-refractivity contribution < 1.29 is 14.8 Å². The fourth-order valence-electron chi connectivity index (χ4n) is 2.42. The Morgan fingerprint density at radius 3 is 2.52 bits per heavy atom. The van der Waals surface area contributed by atoms with Crippen LogP contribution in [-0.4, -0.2) is 53.1 Å². The van der Waals surface area contributed by atoms with Crippen molar-refractivity contribution in [2.24, 2.45) is 0 Å². The van der Waals surface area contributed by atoms with Gasteiger partial charge in [-0.25, -0.2) is 0 Å². The molecule has 21 heavy (non-hydrogen) atoms. The molecule has 1 unspecified atom stereocenters. The number of nitrogens with zero attached hydrogens (tertiary/aromatic N) is 3. The Kier molecular flexibility index (Phi) is 4.99. The Morgan fingerprint density at radius 1 is 1.38 bits per heavy atom. The molecule has 0 amide bonds. The highest BCUT2D eigenvalue weighted by Crippen LogP contribution is 2.30. The normalized spacial score (nSPS) is 17.5. The molecule has 1 aromatic rings. The second kappa shape index (κ2) is 6.56. The quantitative estimate of drug-likeness (QED) is 0.467. The minimum absolute atomic E-state index is 0.0987. The maximum atomic E-state index is 11.2. The lowest BCUT2D eigenvalue weighted by molar-refractivity contribution is -0.384. The van der Waals surface area contributed by atoms with E-state index >= 15 is 0 Å². The number of halogens is 1. The first-order chi connectivity index (χ1) is 9.90. The molecule has 1 saturated heterocycles. The van der Waals surface area contributed by atoms with Crippen LogP contribution in [0.1, 0.15) is 6.92 Å². The molecule has 1 aliphatic heterocycles. The van der Waals surface area contributed by atoms with Gasteiger partial charge < -0.3 is 10.0 Å². The van der Waals surface area contributed by atoms with Gasteiger partial charge in [-0.15, -0.1) is 0 Å². The number of benzene rings is 1. The van der Waals surface area contributed by atoms with Gasteiger partial charge in [-0.2, -0.15) is 0 Å². The average molecular weight is 405 g/mol. The van der Waals surface area contributed by atoms with Gasteiger partial charge in [-0.1, -0.05) is 0 Å². The Bertz CT molecular complexity index is 558. The van der Waals surface area contributed by atoms with E-state index in [1.54, 1.807) is 19.1 Å². The van der Waals surface area contributed by atoms with E-state index in [1.807, 2.05) is 38.5 Å². The molecule has 1 atom stereocenters. The van der Waals surface area contributed by atoms with Crippen molar-refractivity contribution >= 4 is 39.9 Å². The van der Waals surface area contributed by atoms with Crippen molar-refractivity contribution in [1.82, 2.24) is 4.90 Å². The van der Waals surface area contributed by atoms with Gasteiger partial charge in [0.25, 0.3) is 5.69 Å². The molecule has 0 aromatic heterocycles. The van der Waals surface area contributed by atoms with Gasteiger partial charge >= 0.3 is 5.97 Å². The van der Waals surface area contributed by atoms with Crippen LogP contribution in [-0.2, 0) is 4.79 Å². The van der Waals surface area contributed by atoms with Crippen LogP contribution in [0.4, 0.5) is 11.4 Å². The molecule has 0 bridgehead atoms. The lowest BCUT2D eigenvalue weighted by atomic mass is 10.2. The van der Waals surface area contributed by atoms with E-state index in [0.717, 1.165) is 3.57 Å². The van der Waals surface area contributed by atoms with Crippen molar-refractivity contribution in [2.75, 3.05) is 31.1 Å². The molecule has 114 valence electrons. The van der Waals surface area contributed by atoms with Crippen LogP contribution in [0.2, 0.25) is 0 Å². The van der Waals surface area contributed by atoms with Crippen molar-refractivity contribution in [2.45, 2.75) is 13.0 Å². The number of carboxylic acid groups (broad SMARTS) is 1. The molecule has 0 spiro atoms. The van der Waals surface area contributed by atoms with E-state index in [9.17, 15) is 14.9 Å². The first-order valence-corrected chi connectivity index (χ1v) is 7.63. The highest BCUT2D eigenvalue weighted by atomic mass is 127. The second-order valence-corrected chi connectivity index (χ2v) is 6.17. The number of nitro groups is 1. The molecular weight excluding hydrogens is 389 g/mol. The molecule has 7 nitrogen and oxygen atoms in total. The number of carboxylic acids is 1. The number of rotatable bonds is 4. The van der Waals surface area contributed by atoms with Crippen LogP contribution >= 0.6 is 22.6 Å². The summed E-state index contributed by atoms with van der Waals surface area (Å²) in [6.45, 7) is 3.98. The van der Waals surface area contributed by atoms with E-state index < -0.39 is 12.0 Å². The third kappa shape index (κ3) is 3.62. The van der Waals surface area contributed by atoms with Gasteiger partial charge in [-0.05, 0) is 41.6 Å². The third-order valence-corrected chi connectivity index (χ3v) is 4.37. The largest absolute Gasteiger partial charge is 0.480 e. The Morgan fingerprint density at radius 2 is 2.00 bits per heavy atom. The predicted octanol–water partition coefficient (Wildman–Crippen LogP) is 1.79. The predicted molar refractivity (Wildman–Crippen MR) is 86.7 cm³/mol. The zero-order chi connectivity index (χ0) is 15.6. The highest BCUT2D eigenvalue weighted by molar-refractivity contribution is 14.1. The molecule has 0 saturated carbocycles. The van der Waals surface area contributed by atoms with Gasteiger partial charge in [0.2, 0.25) is 0 Å². The highest BCUT2D eigenvalue weighted by Gasteiger charge is 2.28. The van der Waals surface area contributed by atoms with Crippen molar-refractivity contribution in [1.29, 1.82) is 0 Å². The fourth-order valence-corrected chi connectivity index (χ4v) is 2.89. The molecule has 0 radical (unpaired) electrons. The first-order valence-electron chi connectivity index (χ1n) is 6.56. The van der Waals surface area contributed by atoms with E-state index in [-0.39, 0.29) is 10.6 Å². The number of anilines is 1. The summed E-state index contributed by atoms with van der Waals surface area (Å²) in [5.41, 5.74) is 0.699. The van der Waals surface area contributed by atoms with Crippen molar-refractivity contribution in [3.8, 4) is 0 Å². The summed E-state index contributed by atoms with van der Waals surface area (Å²) < 4.78 is 0.821. The van der Waals surface area contributed by atoms with Gasteiger partial charge in [0.05, 0.1) is 4.92 Å². The van der Waals surface area contributed by atoms with Crippen LogP contribution in [0.5, 0.6) is 0 Å². The van der Waals surface area contributed by atoms with Gasteiger partial charge in [0, 0.05) is 35.8 Å². The molecule has 1 heterocycles. The maximum Gasteiger partial charge on any atom is 0.320 e. The van der Waals surface area contributed by atoms with Crippen LogP contribution in [0.25, 0.3) is 0 Å². The second-order valence-electron chi connectivity index (χ2n) is 4.93. The first kappa shape index (κ1) is 16.0. The van der Waals surface area contributed by atoms with Gasteiger partial charge in [0.15, 0.2) is 0 Å². The van der Waals surface area contributed by atoms with Crippen LogP contribution in [0.15, 0.2) is 18.2 Å². The number of hydrogen-bond acceptors (Lipinski definition) is 5. The van der Waals surface area contributed by atoms with Crippen LogP contribution < -0.4 is 4.90 Å². The Hall–Kier alpha value is -1.42. The summed E-state index contributed by atoms with van der Waals surface area (Å²) in [5, 5.41) is 20.2. The van der Waals surface area contributed by atoms with Gasteiger partial charge in [0.1, 0.15) is 11.7 Å². The standard InChI is InChI=1S/C13H16IN3O4/c1-9(13(18)19)15-4-6-16(7-5-15)11-3-2-10(14)8-12(11)17(20)21/h2-3,8-9H,4-7H2,1H3,(H,18,19). The lowest BCUT2D eigenvalue weighted by Crippen LogP contribution is -2.51. The number of nitro benzene ring substituents is 1. The minimum atomic E-state index is -0.844. The van der Waals surface area contributed by atoms with Crippen LogP contribution in [0, 0.1) is 13.7 Å². The van der Waals surface area contributed by atoms with E-state index in [1.165, 1.54) is 0 Å². The third-order valence-electron chi connectivity index (χ3n) is 3.69. The summed E-state index contributed by atoms with van der Waals surface area (Å²) in [4.78, 5) is 25.6. The van der Waals surface area contributed by atoms with Gasteiger partial charge in [-0.3, -0.25) is 19.8 Å². The molecule has 1 fully saturated rings. The number of hydrogen-bond donors (Lipinski definition) is 1. The van der Waals surface area contributed by atoms with E-state index in [2.05, 4.69) is 0 Å². The number of carbonyl (C=O) groups is 1. The topological polar surface area (TPSA) is 86.9 Å². The maximum absolute atomic E-state index is 11.2. The molecule has 1 N–H and O–H groups in total. The Balaban J connectivity index is 2.12. The zero-order valence-electron chi connectivity index (χ0n) is 11.5. The molecule has 0 aliphatic carbocycles. The summed E-state index contributed by atoms with van der Waals surface area (Å²) >= 11 is 2.05. The summed E-state index contributed by atoms with van der Waals surface area (Å²) in [6.07, 6.45) is 0.